The summed E-state index contributed by atoms with van der Waals surface area (Å²) in [4.78, 5) is 28.2. The molecule has 1 aliphatic carbocycles. The van der Waals surface area contributed by atoms with Crippen LogP contribution in [-0.4, -0.2) is 107 Å². The minimum atomic E-state index is -4.67. The van der Waals surface area contributed by atoms with E-state index in [4.69, 9.17) is 0 Å². The van der Waals surface area contributed by atoms with Crippen molar-refractivity contribution < 1.29 is 45.7 Å². The summed E-state index contributed by atoms with van der Waals surface area (Å²) in [5.41, 5.74) is 1.99. The Hall–Kier alpha value is -2.76. The molecule has 0 spiro atoms. The summed E-state index contributed by atoms with van der Waals surface area (Å²) >= 11 is 0. The number of aromatic hydroxyl groups is 2. The van der Waals surface area contributed by atoms with Crippen LogP contribution < -0.4 is 10.6 Å². The molecule has 0 fully saturated rings. The fourth-order valence-corrected chi connectivity index (χ4v) is 9.04. The predicted molar refractivity (Wildman–Crippen MR) is 201 cm³/mol. The number of hydrogen-bond acceptors (Lipinski definition) is 10. The maximum atomic E-state index is 14.4. The molecule has 52 heavy (non-hydrogen) atoms. The van der Waals surface area contributed by atoms with Crippen molar-refractivity contribution in [2.45, 2.75) is 77.0 Å². The van der Waals surface area contributed by atoms with Crippen molar-refractivity contribution >= 4 is 114 Å². The standard InChI is InChI=1S/C36H38N2O10S2.2Na/c1-7-19-15-17(5)35(49(43,44)45)21(9-3)31(19)37-23-11-12-24(28-27(23)33(41)29-25(39)13-14-26(40)30(29)34(28)42)38-32-20(8-2)16-18(6)36(22(32)10-4)50(46,47)48;;/h11-16,37-40H,7-10H2,1-6H3,(H,43,44,45)(H,46,47,48);;. The molecule has 4 aromatic rings. The van der Waals surface area contributed by atoms with Crippen molar-refractivity contribution in [3.63, 3.8) is 0 Å². The molecule has 0 amide bonds. The van der Waals surface area contributed by atoms with Crippen molar-refractivity contribution in [2.75, 3.05) is 10.6 Å². The minimum Gasteiger partial charge on any atom is -0.507 e. The van der Waals surface area contributed by atoms with Crippen molar-refractivity contribution in [1.29, 1.82) is 0 Å². The third-order valence-electron chi connectivity index (χ3n) is 9.07. The van der Waals surface area contributed by atoms with E-state index in [1.165, 1.54) is 12.1 Å². The van der Waals surface area contributed by atoms with Crippen LogP contribution in [0.5, 0.6) is 11.5 Å². The molecule has 12 nitrogen and oxygen atoms in total. The first kappa shape index (κ1) is 43.6. The number of aryl methyl sites for hydroxylation is 4. The van der Waals surface area contributed by atoms with Gasteiger partial charge in [0.15, 0.2) is 0 Å². The van der Waals surface area contributed by atoms with E-state index in [1.54, 1.807) is 39.8 Å². The van der Waals surface area contributed by atoms with Gasteiger partial charge < -0.3 is 20.8 Å². The number of hydrogen-bond donors (Lipinski definition) is 6. The van der Waals surface area contributed by atoms with Gasteiger partial charge in [-0.2, -0.15) is 16.8 Å². The fraction of sp³-hybridized carbons (Fsp3) is 0.278. The van der Waals surface area contributed by atoms with E-state index < -0.39 is 54.4 Å². The minimum absolute atomic E-state index is 0. The molecule has 5 rings (SSSR count). The Morgan fingerprint density at radius 1 is 0.558 bits per heavy atom. The summed E-state index contributed by atoms with van der Waals surface area (Å²) in [5.74, 6) is -2.73. The van der Waals surface area contributed by atoms with Gasteiger partial charge in [0.25, 0.3) is 20.2 Å². The van der Waals surface area contributed by atoms with Crippen LogP contribution in [0.25, 0.3) is 0 Å². The average Bonchev–Trinajstić information content (AvgIpc) is 3.04. The topological polar surface area (TPSA) is 207 Å². The number of fused-ring (bicyclic) bond motifs is 2. The fourth-order valence-electron chi connectivity index (χ4n) is 6.99. The third kappa shape index (κ3) is 7.61. The van der Waals surface area contributed by atoms with E-state index in [1.807, 2.05) is 13.8 Å². The van der Waals surface area contributed by atoms with Gasteiger partial charge in [0.1, 0.15) is 21.3 Å². The Labute approximate surface area is 347 Å². The molecule has 16 heteroatoms. The van der Waals surface area contributed by atoms with Crippen molar-refractivity contribution in [2.24, 2.45) is 0 Å². The summed E-state index contributed by atoms with van der Waals surface area (Å²) in [6, 6.07) is 8.37. The van der Waals surface area contributed by atoms with E-state index >= 15 is 0 Å². The second-order valence-electron chi connectivity index (χ2n) is 12.1. The molecule has 0 atom stereocenters. The smallest absolute Gasteiger partial charge is 0.295 e. The van der Waals surface area contributed by atoms with E-state index in [0.717, 1.165) is 12.1 Å². The van der Waals surface area contributed by atoms with Crippen LogP contribution in [0.1, 0.15) is 92.9 Å². The molecule has 0 aromatic heterocycles. The number of anilines is 4. The normalized spacial score (nSPS) is 12.4. The molecule has 0 saturated heterocycles. The third-order valence-corrected chi connectivity index (χ3v) is 11.2. The summed E-state index contributed by atoms with van der Waals surface area (Å²) in [6.45, 7) is 10.2. The molecule has 6 N–H and O–H groups in total. The summed E-state index contributed by atoms with van der Waals surface area (Å²) in [5, 5.41) is 27.9. The van der Waals surface area contributed by atoms with Gasteiger partial charge >= 0.3 is 0 Å². The Balaban J connectivity index is 0.00000364. The van der Waals surface area contributed by atoms with Gasteiger partial charge in [0, 0.05) is 70.5 Å². The van der Waals surface area contributed by atoms with Crippen LogP contribution in [0.4, 0.5) is 22.7 Å². The van der Waals surface area contributed by atoms with Gasteiger partial charge in [0.05, 0.1) is 33.6 Å². The van der Waals surface area contributed by atoms with E-state index in [9.17, 15) is 45.7 Å². The number of carbonyl (C=O) groups excluding carboxylic acids is 2. The quantitative estimate of drug-likeness (QED) is 0.0553. The number of phenolic OH excluding ortho intramolecular Hbond substituents is 2. The van der Waals surface area contributed by atoms with Gasteiger partial charge in [-0.25, -0.2) is 0 Å². The monoisotopic (exact) mass is 768 g/mol. The Morgan fingerprint density at radius 3 is 1.15 bits per heavy atom. The molecule has 4 aromatic carbocycles. The van der Waals surface area contributed by atoms with Crippen molar-refractivity contribution in [3.8, 4) is 11.5 Å². The van der Waals surface area contributed by atoms with Crippen molar-refractivity contribution in [1.82, 2.24) is 0 Å². The average molecular weight is 769 g/mol. The maximum absolute atomic E-state index is 14.4. The molecular weight excluding hydrogens is 731 g/mol. The maximum Gasteiger partial charge on any atom is 0.295 e. The van der Waals surface area contributed by atoms with Crippen LogP contribution in [0.3, 0.4) is 0 Å². The second kappa shape index (κ2) is 16.3. The zero-order valence-corrected chi connectivity index (χ0v) is 36.0. The number of ketones is 2. The van der Waals surface area contributed by atoms with Gasteiger partial charge in [-0.05, 0) is 97.2 Å². The number of nitrogens with one attached hydrogen (secondary N) is 2. The number of rotatable bonds is 10. The summed E-state index contributed by atoms with van der Waals surface area (Å²) in [7, 11) is -9.34. The van der Waals surface area contributed by atoms with E-state index in [0.29, 0.717) is 46.5 Å². The van der Waals surface area contributed by atoms with Gasteiger partial charge in [-0.1, -0.05) is 39.8 Å². The van der Waals surface area contributed by atoms with Crippen LogP contribution in [0.2, 0.25) is 0 Å². The van der Waals surface area contributed by atoms with E-state index in [2.05, 4.69) is 10.6 Å². The number of benzene rings is 4. The predicted octanol–water partition coefficient (Wildman–Crippen LogP) is 5.96. The summed E-state index contributed by atoms with van der Waals surface area (Å²) in [6.07, 6.45) is 1.19. The first-order valence-electron chi connectivity index (χ1n) is 16.0. The molecular formula is C36H38N2Na2O10S2. The molecule has 0 heterocycles. The first-order chi connectivity index (χ1) is 23.4. The molecule has 0 saturated carbocycles. The molecule has 0 unspecified atom stereocenters. The SMILES string of the molecule is CCc1cc(C)c(S(=O)(=O)O)c(CC)c1Nc1ccc(Nc2c(CC)cc(C)c(S(=O)(=O)O)c2CC)c2c1C(=O)c1c(O)ccc(O)c1C2=O.[Na].[Na]. The molecule has 266 valence electrons. The van der Waals surface area contributed by atoms with Crippen molar-refractivity contribution in [3.05, 3.63) is 92.0 Å². The van der Waals surface area contributed by atoms with Gasteiger partial charge in [0.2, 0.25) is 11.6 Å². The Kier molecular flexibility index (Phi) is 13.7. The Bertz CT molecular complexity index is 2200. The number of carbonyl (C=O) groups is 2. The molecule has 1 aliphatic rings. The van der Waals surface area contributed by atoms with Crippen LogP contribution >= 0.6 is 0 Å². The molecule has 0 bridgehead atoms. The van der Waals surface area contributed by atoms with E-state index in [-0.39, 0.29) is 115 Å². The zero-order chi connectivity index (χ0) is 37.0. The molecule has 0 aliphatic heterocycles. The van der Waals surface area contributed by atoms with Gasteiger partial charge in [-0.3, -0.25) is 18.7 Å². The van der Waals surface area contributed by atoms with Crippen LogP contribution in [0, 0.1) is 13.8 Å². The molecule has 2 radical (unpaired) electrons. The zero-order valence-electron chi connectivity index (χ0n) is 30.3. The second-order valence-corrected chi connectivity index (χ2v) is 14.8. The van der Waals surface area contributed by atoms with Gasteiger partial charge in [-0.15, -0.1) is 0 Å². The number of phenols is 2. The summed E-state index contributed by atoms with van der Waals surface area (Å²) < 4.78 is 70.4. The first-order valence-corrected chi connectivity index (χ1v) is 18.9. The largest absolute Gasteiger partial charge is 0.507 e. The van der Waals surface area contributed by atoms with Crippen LogP contribution in [-0.2, 0) is 45.9 Å². The van der Waals surface area contributed by atoms with Crippen LogP contribution in [0.15, 0.2) is 46.2 Å². The Morgan fingerprint density at radius 2 is 0.885 bits per heavy atom.